The molecular formula is C19H16BrN5O2S. The zero-order valence-corrected chi connectivity index (χ0v) is 17.4. The zero-order valence-electron chi connectivity index (χ0n) is 15.0. The Labute approximate surface area is 175 Å². The van der Waals surface area contributed by atoms with Crippen molar-refractivity contribution in [1.29, 1.82) is 15.8 Å². The smallest absolute Gasteiger partial charge is 0.410 e. The molecule has 0 saturated carbocycles. The van der Waals surface area contributed by atoms with E-state index in [1.54, 1.807) is 13.0 Å². The first kappa shape index (κ1) is 19.9. The molecular weight excluding hydrogens is 442 g/mol. The predicted octanol–water partition coefficient (Wildman–Crippen LogP) is 3.39. The van der Waals surface area contributed by atoms with Gasteiger partial charge in [0.15, 0.2) is 5.41 Å². The molecule has 2 heterocycles. The van der Waals surface area contributed by atoms with Gasteiger partial charge in [-0.25, -0.2) is 4.79 Å². The van der Waals surface area contributed by atoms with Gasteiger partial charge in [-0.2, -0.15) is 15.8 Å². The molecule has 1 aromatic rings. The molecule has 1 amide bonds. The second-order valence-corrected chi connectivity index (χ2v) is 8.31. The van der Waals surface area contributed by atoms with Crippen molar-refractivity contribution >= 4 is 33.4 Å². The molecule has 0 bridgehead atoms. The fraction of sp³-hybridized carbons (Fsp3) is 0.368. The summed E-state index contributed by atoms with van der Waals surface area (Å²) in [7, 11) is 0. The van der Waals surface area contributed by atoms with Crippen LogP contribution in [0.5, 0.6) is 0 Å². The molecule has 2 atom stereocenters. The van der Waals surface area contributed by atoms with E-state index >= 15 is 0 Å². The summed E-state index contributed by atoms with van der Waals surface area (Å²) in [5.74, 6) is -1.04. The van der Waals surface area contributed by atoms with Crippen LogP contribution in [-0.4, -0.2) is 30.7 Å². The minimum atomic E-state index is -1.70. The number of amides is 1. The number of carbonyl (C=O) groups excluding carboxylic acids is 1. The lowest BCUT2D eigenvalue weighted by atomic mass is 9.59. The van der Waals surface area contributed by atoms with Crippen LogP contribution in [-0.2, 0) is 4.74 Å². The highest BCUT2D eigenvalue weighted by Gasteiger charge is 2.55. The van der Waals surface area contributed by atoms with Gasteiger partial charge >= 0.3 is 6.09 Å². The fourth-order valence-corrected chi connectivity index (χ4v) is 5.52. The molecule has 1 aliphatic carbocycles. The van der Waals surface area contributed by atoms with E-state index in [1.165, 1.54) is 16.2 Å². The molecule has 28 heavy (non-hydrogen) atoms. The first-order chi connectivity index (χ1) is 13.4. The van der Waals surface area contributed by atoms with Crippen molar-refractivity contribution in [2.24, 2.45) is 17.1 Å². The fourth-order valence-electron chi connectivity index (χ4n) is 3.84. The Bertz CT molecular complexity index is 993. The molecule has 0 radical (unpaired) electrons. The predicted molar refractivity (Wildman–Crippen MR) is 105 cm³/mol. The number of carbonyl (C=O) groups is 1. The molecule has 0 spiro atoms. The number of halogens is 1. The van der Waals surface area contributed by atoms with Gasteiger partial charge in [-0.3, -0.25) is 0 Å². The van der Waals surface area contributed by atoms with Crippen LogP contribution in [0.15, 0.2) is 38.8 Å². The largest absolute Gasteiger partial charge is 0.450 e. The molecule has 7 nitrogen and oxygen atoms in total. The van der Waals surface area contributed by atoms with E-state index in [9.17, 15) is 20.6 Å². The third-order valence-electron chi connectivity index (χ3n) is 5.08. The van der Waals surface area contributed by atoms with Crippen molar-refractivity contribution in [2.75, 3.05) is 19.7 Å². The Kier molecular flexibility index (Phi) is 5.47. The normalized spacial score (nSPS) is 23.0. The highest BCUT2D eigenvalue weighted by molar-refractivity contribution is 9.10. The SMILES string of the molecule is CCOC(=O)N1CC=C2C(C#N)=C(N)C(C#N)(C#N)[C@H](c3cc(Br)cs3)[C@H]2C1. The lowest BCUT2D eigenvalue weighted by molar-refractivity contribution is 0.100. The van der Waals surface area contributed by atoms with E-state index in [0.717, 1.165) is 9.35 Å². The average molecular weight is 458 g/mol. The van der Waals surface area contributed by atoms with Crippen LogP contribution in [0.3, 0.4) is 0 Å². The quantitative estimate of drug-likeness (QED) is 0.724. The Morgan fingerprint density at radius 1 is 1.46 bits per heavy atom. The maximum Gasteiger partial charge on any atom is 0.410 e. The summed E-state index contributed by atoms with van der Waals surface area (Å²) in [6.45, 7) is 2.47. The van der Waals surface area contributed by atoms with Crippen molar-refractivity contribution < 1.29 is 9.53 Å². The van der Waals surface area contributed by atoms with Gasteiger partial charge in [0.1, 0.15) is 6.07 Å². The average Bonchev–Trinajstić information content (AvgIpc) is 3.12. The Morgan fingerprint density at radius 3 is 2.71 bits per heavy atom. The first-order valence-corrected chi connectivity index (χ1v) is 10.2. The lowest BCUT2D eigenvalue weighted by Gasteiger charge is -2.44. The van der Waals surface area contributed by atoms with Crippen LogP contribution in [0.4, 0.5) is 4.79 Å². The molecule has 0 saturated heterocycles. The number of rotatable bonds is 2. The van der Waals surface area contributed by atoms with Gasteiger partial charge in [0.2, 0.25) is 0 Å². The number of nitriles is 3. The van der Waals surface area contributed by atoms with Crippen molar-refractivity contribution in [2.45, 2.75) is 12.8 Å². The topological polar surface area (TPSA) is 127 Å². The summed E-state index contributed by atoms with van der Waals surface area (Å²) in [5.41, 5.74) is 5.34. The van der Waals surface area contributed by atoms with E-state index in [-0.39, 0.29) is 31.0 Å². The molecule has 0 aromatic carbocycles. The molecule has 0 fully saturated rings. The van der Waals surface area contributed by atoms with Gasteiger partial charge in [0, 0.05) is 39.7 Å². The van der Waals surface area contributed by atoms with E-state index in [4.69, 9.17) is 10.5 Å². The number of nitrogens with two attached hydrogens (primary N) is 1. The Hall–Kier alpha value is -2.80. The number of hydrogen-bond acceptors (Lipinski definition) is 7. The summed E-state index contributed by atoms with van der Waals surface area (Å²) in [4.78, 5) is 14.6. The van der Waals surface area contributed by atoms with Crippen LogP contribution in [0.1, 0.15) is 17.7 Å². The highest BCUT2D eigenvalue weighted by atomic mass is 79.9. The molecule has 1 aromatic heterocycles. The number of thiophene rings is 1. The summed E-state index contributed by atoms with van der Waals surface area (Å²) in [5, 5.41) is 31.5. The number of fused-ring (bicyclic) bond motifs is 1. The summed E-state index contributed by atoms with van der Waals surface area (Å²) in [6.07, 6.45) is 1.30. The molecule has 2 aliphatic rings. The van der Waals surface area contributed by atoms with Crippen LogP contribution < -0.4 is 5.73 Å². The Balaban J connectivity index is 2.22. The highest BCUT2D eigenvalue weighted by Crippen LogP contribution is 2.55. The minimum absolute atomic E-state index is 0.0263. The zero-order chi connectivity index (χ0) is 20.5. The third-order valence-corrected chi connectivity index (χ3v) is 6.86. The summed E-state index contributed by atoms with van der Waals surface area (Å²) >= 11 is 4.82. The molecule has 3 rings (SSSR count). The summed E-state index contributed by atoms with van der Waals surface area (Å²) < 4.78 is 5.93. The van der Waals surface area contributed by atoms with Gasteiger partial charge in [0.25, 0.3) is 0 Å². The molecule has 142 valence electrons. The molecule has 0 unspecified atom stereocenters. The van der Waals surface area contributed by atoms with Crippen molar-refractivity contribution in [3.63, 3.8) is 0 Å². The van der Waals surface area contributed by atoms with Gasteiger partial charge in [-0.05, 0) is 34.5 Å². The second kappa shape index (κ2) is 7.67. The molecule has 1 aliphatic heterocycles. The van der Waals surface area contributed by atoms with E-state index in [1.807, 2.05) is 11.4 Å². The number of nitrogens with zero attached hydrogens (tertiary/aromatic N) is 4. The van der Waals surface area contributed by atoms with E-state index in [0.29, 0.717) is 5.57 Å². The number of hydrogen-bond donors (Lipinski definition) is 1. The number of ether oxygens (including phenoxy) is 1. The van der Waals surface area contributed by atoms with Gasteiger partial charge in [-0.1, -0.05) is 6.08 Å². The van der Waals surface area contributed by atoms with Crippen molar-refractivity contribution in [1.82, 2.24) is 4.90 Å². The molecule has 9 heteroatoms. The minimum Gasteiger partial charge on any atom is -0.450 e. The standard InChI is InChI=1S/C19H16BrN5O2S/c1-2-27-18(26)25-4-3-12-13(6-21)17(24)19(9-22,10-23)16(14(12)7-25)15-5-11(20)8-28-15/h3,5,8,14,16H,2,4,7,24H2,1H3/t14-,16-/m0/s1. The van der Waals surface area contributed by atoms with Crippen LogP contribution >= 0.6 is 27.3 Å². The lowest BCUT2D eigenvalue weighted by Crippen LogP contribution is -2.49. The van der Waals surface area contributed by atoms with Gasteiger partial charge in [0.05, 0.1) is 30.0 Å². The molecule has 2 N–H and O–H groups in total. The van der Waals surface area contributed by atoms with Crippen LogP contribution in [0.2, 0.25) is 0 Å². The van der Waals surface area contributed by atoms with Crippen molar-refractivity contribution in [3.05, 3.63) is 43.7 Å². The van der Waals surface area contributed by atoms with Gasteiger partial charge < -0.3 is 15.4 Å². The maximum absolute atomic E-state index is 12.3. The van der Waals surface area contributed by atoms with Crippen LogP contribution in [0.25, 0.3) is 0 Å². The Morgan fingerprint density at radius 2 is 2.18 bits per heavy atom. The van der Waals surface area contributed by atoms with Crippen LogP contribution in [0, 0.1) is 45.3 Å². The monoisotopic (exact) mass is 457 g/mol. The number of allylic oxidation sites excluding steroid dienone is 2. The van der Waals surface area contributed by atoms with E-state index in [2.05, 4.69) is 34.1 Å². The van der Waals surface area contributed by atoms with Crippen molar-refractivity contribution in [3.8, 4) is 18.2 Å². The van der Waals surface area contributed by atoms with E-state index < -0.39 is 23.3 Å². The first-order valence-electron chi connectivity index (χ1n) is 8.52. The summed E-state index contributed by atoms with van der Waals surface area (Å²) in [6, 6.07) is 8.07. The second-order valence-electron chi connectivity index (χ2n) is 6.45. The third kappa shape index (κ3) is 2.96. The maximum atomic E-state index is 12.3. The van der Waals surface area contributed by atoms with Gasteiger partial charge in [-0.15, -0.1) is 11.3 Å².